The van der Waals surface area contributed by atoms with Gasteiger partial charge in [0.15, 0.2) is 5.82 Å². The van der Waals surface area contributed by atoms with Crippen LogP contribution in [0.15, 0.2) is 18.2 Å². The van der Waals surface area contributed by atoms with Crippen LogP contribution >= 0.6 is 12.2 Å². The third-order valence-electron chi connectivity index (χ3n) is 2.19. The molecule has 0 spiro atoms. The molecule has 0 saturated carbocycles. The molecule has 0 amide bonds. The number of methoxy groups -OCH3 is 1. The summed E-state index contributed by atoms with van der Waals surface area (Å²) in [6.45, 7) is 2.00. The van der Waals surface area contributed by atoms with E-state index in [9.17, 15) is 0 Å². The van der Waals surface area contributed by atoms with E-state index in [-0.39, 0.29) is 0 Å². The van der Waals surface area contributed by atoms with Crippen molar-refractivity contribution >= 4 is 12.2 Å². The van der Waals surface area contributed by atoms with Gasteiger partial charge in [-0.25, -0.2) is 0 Å². The van der Waals surface area contributed by atoms with Gasteiger partial charge in [-0.15, -0.1) is 0 Å². The van der Waals surface area contributed by atoms with E-state index < -0.39 is 0 Å². The normalized spacial score (nSPS) is 10.3. The summed E-state index contributed by atoms with van der Waals surface area (Å²) in [4.78, 5) is 4.16. The van der Waals surface area contributed by atoms with E-state index in [4.69, 9.17) is 17.0 Å². The van der Waals surface area contributed by atoms with Gasteiger partial charge in [0, 0.05) is 5.56 Å². The number of rotatable bonds is 2. The number of aromatic nitrogens is 3. The van der Waals surface area contributed by atoms with Gasteiger partial charge in [-0.05, 0) is 42.9 Å². The van der Waals surface area contributed by atoms with Gasteiger partial charge in [-0.1, -0.05) is 0 Å². The van der Waals surface area contributed by atoms with E-state index >= 15 is 0 Å². The molecule has 4 nitrogen and oxygen atoms in total. The second-order valence-electron chi connectivity index (χ2n) is 3.20. The van der Waals surface area contributed by atoms with E-state index in [1.807, 2.05) is 25.1 Å². The Balaban J connectivity index is 2.49. The molecular weight excluding hydrogens is 210 g/mol. The van der Waals surface area contributed by atoms with Crippen LogP contribution in [0.1, 0.15) is 5.56 Å². The minimum atomic E-state index is 0.459. The van der Waals surface area contributed by atoms with Gasteiger partial charge in [0.2, 0.25) is 4.77 Å². The Hall–Kier alpha value is -1.62. The van der Waals surface area contributed by atoms with Crippen molar-refractivity contribution < 1.29 is 4.74 Å². The molecule has 1 heterocycles. The summed E-state index contributed by atoms with van der Waals surface area (Å²) in [7, 11) is 1.65. The quantitative estimate of drug-likeness (QED) is 0.766. The molecule has 1 aromatic heterocycles. The van der Waals surface area contributed by atoms with Gasteiger partial charge in [0.1, 0.15) is 5.75 Å². The van der Waals surface area contributed by atoms with Crippen LogP contribution < -0.4 is 4.74 Å². The van der Waals surface area contributed by atoms with Crippen molar-refractivity contribution in [1.82, 2.24) is 15.2 Å². The molecule has 0 aliphatic heterocycles. The fourth-order valence-electron chi connectivity index (χ4n) is 1.43. The summed E-state index contributed by atoms with van der Waals surface area (Å²) >= 11 is 4.90. The van der Waals surface area contributed by atoms with E-state index in [0.29, 0.717) is 4.77 Å². The molecule has 78 valence electrons. The second kappa shape index (κ2) is 3.86. The Bertz CT molecular complexity index is 529. The van der Waals surface area contributed by atoms with Gasteiger partial charge < -0.3 is 4.74 Å². The Labute approximate surface area is 92.3 Å². The first-order valence-corrected chi connectivity index (χ1v) is 4.91. The highest BCUT2D eigenvalue weighted by Crippen LogP contribution is 2.23. The van der Waals surface area contributed by atoms with Gasteiger partial charge in [0.05, 0.1) is 7.11 Å². The van der Waals surface area contributed by atoms with Crippen LogP contribution in [0.5, 0.6) is 5.75 Å². The lowest BCUT2D eigenvalue weighted by Gasteiger charge is -2.04. The average Bonchev–Trinajstić information content (AvgIpc) is 2.64. The van der Waals surface area contributed by atoms with Crippen LogP contribution in [-0.4, -0.2) is 22.3 Å². The fourth-order valence-corrected chi connectivity index (χ4v) is 1.57. The highest BCUT2D eigenvalue weighted by molar-refractivity contribution is 7.71. The number of hydrogen-bond donors (Lipinski definition) is 2. The lowest BCUT2D eigenvalue weighted by molar-refractivity contribution is 0.414. The van der Waals surface area contributed by atoms with Crippen molar-refractivity contribution in [2.75, 3.05) is 7.11 Å². The van der Waals surface area contributed by atoms with Crippen LogP contribution in [0.25, 0.3) is 11.4 Å². The van der Waals surface area contributed by atoms with Gasteiger partial charge >= 0.3 is 0 Å². The van der Waals surface area contributed by atoms with Crippen molar-refractivity contribution in [3.63, 3.8) is 0 Å². The minimum absolute atomic E-state index is 0.459. The molecular formula is C10H11N3OS. The maximum Gasteiger partial charge on any atom is 0.213 e. The van der Waals surface area contributed by atoms with Crippen LogP contribution in [0, 0.1) is 11.7 Å². The molecule has 2 N–H and O–H groups in total. The molecule has 0 bridgehead atoms. The Morgan fingerprint density at radius 1 is 1.33 bits per heavy atom. The third kappa shape index (κ3) is 1.92. The highest BCUT2D eigenvalue weighted by atomic mass is 32.1. The van der Waals surface area contributed by atoms with Gasteiger partial charge in [-0.3, -0.25) is 10.2 Å². The van der Waals surface area contributed by atoms with Crippen molar-refractivity contribution in [1.29, 1.82) is 0 Å². The smallest absolute Gasteiger partial charge is 0.213 e. The first-order valence-electron chi connectivity index (χ1n) is 4.50. The number of ether oxygens (including phenoxy) is 1. The first kappa shape index (κ1) is 9.92. The maximum atomic E-state index is 5.13. The molecule has 0 radical (unpaired) electrons. The lowest BCUT2D eigenvalue weighted by Crippen LogP contribution is -1.88. The van der Waals surface area contributed by atoms with Gasteiger partial charge in [-0.2, -0.15) is 4.98 Å². The second-order valence-corrected chi connectivity index (χ2v) is 3.58. The molecule has 0 unspecified atom stereocenters. The van der Waals surface area contributed by atoms with Crippen molar-refractivity contribution in [3.8, 4) is 17.1 Å². The summed E-state index contributed by atoms with van der Waals surface area (Å²) in [5.74, 6) is 1.59. The molecule has 0 fully saturated rings. The molecule has 0 atom stereocenters. The molecule has 0 aliphatic carbocycles. The molecule has 15 heavy (non-hydrogen) atoms. The summed E-state index contributed by atoms with van der Waals surface area (Å²) in [6, 6.07) is 5.81. The first-order chi connectivity index (χ1) is 7.20. The largest absolute Gasteiger partial charge is 0.497 e. The number of benzene rings is 1. The lowest BCUT2D eigenvalue weighted by atomic mass is 10.1. The highest BCUT2D eigenvalue weighted by Gasteiger charge is 2.05. The third-order valence-corrected chi connectivity index (χ3v) is 2.38. The fraction of sp³-hybridized carbons (Fsp3) is 0.200. The van der Waals surface area contributed by atoms with E-state index in [0.717, 1.165) is 22.7 Å². The molecule has 2 rings (SSSR count). The minimum Gasteiger partial charge on any atom is -0.497 e. The van der Waals surface area contributed by atoms with E-state index in [1.165, 1.54) is 0 Å². The number of H-pyrrole nitrogens is 2. The zero-order valence-corrected chi connectivity index (χ0v) is 9.31. The van der Waals surface area contributed by atoms with Crippen LogP contribution in [0.2, 0.25) is 0 Å². The Morgan fingerprint density at radius 3 is 2.67 bits per heavy atom. The Morgan fingerprint density at radius 2 is 2.13 bits per heavy atom. The van der Waals surface area contributed by atoms with E-state index in [2.05, 4.69) is 15.2 Å². The number of nitrogens with zero attached hydrogens (tertiary/aromatic N) is 1. The maximum absolute atomic E-state index is 5.13. The van der Waals surface area contributed by atoms with E-state index in [1.54, 1.807) is 7.11 Å². The number of nitrogens with one attached hydrogen (secondary N) is 2. The van der Waals surface area contributed by atoms with Crippen molar-refractivity contribution in [2.24, 2.45) is 0 Å². The van der Waals surface area contributed by atoms with Crippen LogP contribution in [-0.2, 0) is 0 Å². The molecule has 1 aromatic carbocycles. The van der Waals surface area contributed by atoms with Crippen molar-refractivity contribution in [2.45, 2.75) is 6.92 Å². The molecule has 5 heteroatoms. The monoisotopic (exact) mass is 221 g/mol. The van der Waals surface area contributed by atoms with Crippen molar-refractivity contribution in [3.05, 3.63) is 28.5 Å². The average molecular weight is 221 g/mol. The summed E-state index contributed by atoms with van der Waals surface area (Å²) < 4.78 is 5.59. The predicted molar refractivity (Wildman–Crippen MR) is 60.5 cm³/mol. The molecule has 0 aliphatic rings. The predicted octanol–water partition coefficient (Wildman–Crippen LogP) is 2.45. The zero-order chi connectivity index (χ0) is 10.8. The topological polar surface area (TPSA) is 53.7 Å². The summed E-state index contributed by atoms with van der Waals surface area (Å²) in [5, 5.41) is 5.69. The summed E-state index contributed by atoms with van der Waals surface area (Å²) in [5.41, 5.74) is 2.11. The Kier molecular flexibility index (Phi) is 2.55. The standard InChI is InChI=1S/C10H11N3OS/c1-6-5-7(14-2)3-4-8(6)9-11-10(15)13-12-9/h3-5H,1-2H3,(H2,11,12,13,15). The number of hydrogen-bond acceptors (Lipinski definition) is 3. The number of aryl methyl sites for hydroxylation is 1. The number of aromatic amines is 2. The zero-order valence-electron chi connectivity index (χ0n) is 8.50. The SMILES string of the molecule is COc1ccc(-c2nc(=S)[nH][nH]2)c(C)c1. The molecule has 2 aromatic rings. The molecule has 0 saturated heterocycles. The summed E-state index contributed by atoms with van der Waals surface area (Å²) in [6.07, 6.45) is 0. The van der Waals surface area contributed by atoms with Crippen LogP contribution in [0.4, 0.5) is 0 Å². The van der Waals surface area contributed by atoms with Crippen LogP contribution in [0.3, 0.4) is 0 Å². The van der Waals surface area contributed by atoms with Gasteiger partial charge in [0.25, 0.3) is 0 Å².